The Hall–Kier alpha value is -1.95. The van der Waals surface area contributed by atoms with Crippen LogP contribution < -0.4 is 9.47 Å². The Bertz CT molecular complexity index is 565. The van der Waals surface area contributed by atoms with E-state index in [4.69, 9.17) is 21.1 Å². The zero-order valence-electron chi connectivity index (χ0n) is 10.6. The minimum Gasteiger partial charge on any atom is -0.481 e. The molecule has 2 heterocycles. The highest BCUT2D eigenvalue weighted by molar-refractivity contribution is 6.28. The molecule has 0 atom stereocenters. The van der Waals surface area contributed by atoms with Gasteiger partial charge in [0.25, 0.3) is 0 Å². The van der Waals surface area contributed by atoms with Crippen molar-refractivity contribution in [2.75, 3.05) is 13.7 Å². The SMILES string of the molecule is CCCOc1nc(Cl)nc(-c2ccnc(OC)c2)n1. The fourth-order valence-corrected chi connectivity index (χ4v) is 1.53. The minimum atomic E-state index is 0.0897. The Morgan fingerprint density at radius 1 is 1.26 bits per heavy atom. The molecule has 0 fully saturated rings. The lowest BCUT2D eigenvalue weighted by Gasteiger charge is -2.06. The lowest BCUT2D eigenvalue weighted by atomic mass is 10.2. The summed E-state index contributed by atoms with van der Waals surface area (Å²) in [6.07, 6.45) is 2.47. The molecule has 2 rings (SSSR count). The first-order chi connectivity index (χ1) is 9.22. The molecule has 0 saturated carbocycles. The van der Waals surface area contributed by atoms with Gasteiger partial charge in [-0.1, -0.05) is 6.92 Å². The number of methoxy groups -OCH3 is 1. The zero-order valence-corrected chi connectivity index (χ0v) is 11.4. The van der Waals surface area contributed by atoms with Gasteiger partial charge in [0.2, 0.25) is 11.2 Å². The van der Waals surface area contributed by atoms with Gasteiger partial charge in [-0.2, -0.15) is 15.0 Å². The van der Waals surface area contributed by atoms with E-state index in [1.807, 2.05) is 6.92 Å². The molecule has 0 N–H and O–H groups in total. The number of rotatable bonds is 5. The smallest absolute Gasteiger partial charge is 0.321 e. The molecule has 0 aromatic carbocycles. The summed E-state index contributed by atoms with van der Waals surface area (Å²) < 4.78 is 10.4. The Morgan fingerprint density at radius 3 is 2.84 bits per heavy atom. The van der Waals surface area contributed by atoms with E-state index >= 15 is 0 Å². The molecule has 0 aliphatic carbocycles. The summed E-state index contributed by atoms with van der Waals surface area (Å²) in [5, 5.41) is 0.0897. The van der Waals surface area contributed by atoms with Crippen LogP contribution in [0.1, 0.15) is 13.3 Å². The van der Waals surface area contributed by atoms with Gasteiger partial charge in [0.15, 0.2) is 5.82 Å². The van der Waals surface area contributed by atoms with Gasteiger partial charge >= 0.3 is 6.01 Å². The summed E-state index contributed by atoms with van der Waals surface area (Å²) in [4.78, 5) is 16.2. The van der Waals surface area contributed by atoms with E-state index in [-0.39, 0.29) is 11.3 Å². The number of pyridine rings is 1. The average Bonchev–Trinajstić information content (AvgIpc) is 2.44. The van der Waals surface area contributed by atoms with E-state index in [2.05, 4.69) is 19.9 Å². The van der Waals surface area contributed by atoms with E-state index in [1.54, 1.807) is 25.4 Å². The van der Waals surface area contributed by atoms with Gasteiger partial charge in [-0.15, -0.1) is 0 Å². The molecule has 0 radical (unpaired) electrons. The van der Waals surface area contributed by atoms with Crippen LogP contribution in [0.15, 0.2) is 18.3 Å². The molecule has 0 spiro atoms. The topological polar surface area (TPSA) is 70.0 Å². The van der Waals surface area contributed by atoms with Crippen molar-refractivity contribution in [3.05, 3.63) is 23.6 Å². The maximum absolute atomic E-state index is 5.86. The second kappa shape index (κ2) is 6.29. The van der Waals surface area contributed by atoms with Crippen molar-refractivity contribution < 1.29 is 9.47 Å². The third kappa shape index (κ3) is 3.51. The van der Waals surface area contributed by atoms with E-state index < -0.39 is 0 Å². The monoisotopic (exact) mass is 280 g/mol. The number of ether oxygens (including phenoxy) is 2. The van der Waals surface area contributed by atoms with Gasteiger partial charge < -0.3 is 9.47 Å². The molecule has 0 saturated heterocycles. The van der Waals surface area contributed by atoms with Crippen molar-refractivity contribution in [1.82, 2.24) is 19.9 Å². The van der Waals surface area contributed by atoms with Crippen molar-refractivity contribution in [2.45, 2.75) is 13.3 Å². The van der Waals surface area contributed by atoms with E-state index in [1.165, 1.54) is 0 Å². The van der Waals surface area contributed by atoms with Gasteiger partial charge in [-0.05, 0) is 24.1 Å². The molecule has 0 aliphatic heterocycles. The minimum absolute atomic E-state index is 0.0897. The van der Waals surface area contributed by atoms with E-state index in [9.17, 15) is 0 Å². The molecule has 6 nitrogen and oxygen atoms in total. The van der Waals surface area contributed by atoms with Crippen LogP contribution in [0.3, 0.4) is 0 Å². The van der Waals surface area contributed by atoms with Crippen LogP contribution in [0.5, 0.6) is 11.9 Å². The number of hydrogen-bond donors (Lipinski definition) is 0. The molecule has 0 aliphatic rings. The van der Waals surface area contributed by atoms with Crippen LogP contribution in [0.25, 0.3) is 11.4 Å². The van der Waals surface area contributed by atoms with Crippen LogP contribution in [0, 0.1) is 0 Å². The third-order valence-corrected chi connectivity index (χ3v) is 2.39. The van der Waals surface area contributed by atoms with Crippen LogP contribution >= 0.6 is 11.6 Å². The summed E-state index contributed by atoms with van der Waals surface area (Å²) in [5.41, 5.74) is 0.734. The molecule has 100 valence electrons. The highest BCUT2D eigenvalue weighted by atomic mass is 35.5. The molecule has 0 bridgehead atoms. The number of aromatic nitrogens is 4. The Labute approximate surface area is 115 Å². The maximum atomic E-state index is 5.86. The third-order valence-electron chi connectivity index (χ3n) is 2.23. The van der Waals surface area contributed by atoms with Gasteiger partial charge in [0, 0.05) is 17.8 Å². The molecule has 0 amide bonds. The van der Waals surface area contributed by atoms with Crippen LogP contribution in [-0.2, 0) is 0 Å². The molecule has 19 heavy (non-hydrogen) atoms. The summed E-state index contributed by atoms with van der Waals surface area (Å²) >= 11 is 5.86. The first kappa shape index (κ1) is 13.5. The Balaban J connectivity index is 2.34. The predicted molar refractivity (Wildman–Crippen MR) is 70.4 cm³/mol. The van der Waals surface area contributed by atoms with Crippen molar-refractivity contribution in [2.24, 2.45) is 0 Å². The van der Waals surface area contributed by atoms with Crippen LogP contribution in [-0.4, -0.2) is 33.7 Å². The first-order valence-corrected chi connectivity index (χ1v) is 6.15. The van der Waals surface area contributed by atoms with Gasteiger partial charge in [-0.3, -0.25) is 0 Å². The van der Waals surface area contributed by atoms with Crippen LogP contribution in [0.4, 0.5) is 0 Å². The zero-order chi connectivity index (χ0) is 13.7. The van der Waals surface area contributed by atoms with Crippen molar-refractivity contribution in [1.29, 1.82) is 0 Å². The maximum Gasteiger partial charge on any atom is 0.321 e. The largest absolute Gasteiger partial charge is 0.481 e. The average molecular weight is 281 g/mol. The Kier molecular flexibility index (Phi) is 4.46. The quantitative estimate of drug-likeness (QED) is 0.837. The molecule has 0 unspecified atom stereocenters. The first-order valence-electron chi connectivity index (χ1n) is 5.77. The predicted octanol–water partition coefficient (Wildman–Crippen LogP) is 2.38. The molecule has 2 aromatic rings. The van der Waals surface area contributed by atoms with Crippen molar-refractivity contribution in [3.63, 3.8) is 0 Å². The van der Waals surface area contributed by atoms with Gasteiger partial charge in [-0.25, -0.2) is 4.98 Å². The fraction of sp³-hybridized carbons (Fsp3) is 0.333. The summed E-state index contributed by atoms with van der Waals surface area (Å²) in [5.74, 6) is 0.900. The van der Waals surface area contributed by atoms with Crippen LogP contribution in [0.2, 0.25) is 5.28 Å². The number of hydrogen-bond acceptors (Lipinski definition) is 6. The van der Waals surface area contributed by atoms with Gasteiger partial charge in [0.1, 0.15) is 0 Å². The second-order valence-electron chi connectivity index (χ2n) is 3.65. The molecular formula is C12H13ClN4O2. The normalized spacial score (nSPS) is 10.3. The van der Waals surface area contributed by atoms with Crippen molar-refractivity contribution in [3.8, 4) is 23.3 Å². The highest BCUT2D eigenvalue weighted by Crippen LogP contribution is 2.21. The molecule has 2 aromatic heterocycles. The summed E-state index contributed by atoms with van der Waals surface area (Å²) in [6, 6.07) is 3.69. The lowest BCUT2D eigenvalue weighted by Crippen LogP contribution is -2.03. The lowest BCUT2D eigenvalue weighted by molar-refractivity contribution is 0.291. The van der Waals surface area contributed by atoms with Gasteiger partial charge in [0.05, 0.1) is 13.7 Å². The molecule has 7 heteroatoms. The fourth-order valence-electron chi connectivity index (χ4n) is 1.38. The van der Waals surface area contributed by atoms with Crippen molar-refractivity contribution >= 4 is 11.6 Å². The number of nitrogens with zero attached hydrogens (tertiary/aromatic N) is 4. The standard InChI is InChI=1S/C12H13ClN4O2/c1-3-6-19-12-16-10(15-11(13)17-12)8-4-5-14-9(7-8)18-2/h4-5,7H,3,6H2,1-2H3. The molecular weight excluding hydrogens is 268 g/mol. The highest BCUT2D eigenvalue weighted by Gasteiger charge is 2.09. The number of halogens is 1. The van der Waals surface area contributed by atoms with E-state index in [0.29, 0.717) is 18.3 Å². The summed E-state index contributed by atoms with van der Waals surface area (Å²) in [6.45, 7) is 2.52. The second-order valence-corrected chi connectivity index (χ2v) is 3.98. The summed E-state index contributed by atoms with van der Waals surface area (Å²) in [7, 11) is 1.54. The Morgan fingerprint density at radius 2 is 2.11 bits per heavy atom. The van der Waals surface area contributed by atoms with E-state index in [0.717, 1.165) is 12.0 Å².